The average molecular weight is 509 g/mol. The number of anilines is 1. The lowest BCUT2D eigenvalue weighted by Gasteiger charge is -2.43. The molecule has 33 heavy (non-hydrogen) atoms. The second-order valence-electron chi connectivity index (χ2n) is 8.49. The predicted octanol–water partition coefficient (Wildman–Crippen LogP) is 5.43. The summed E-state index contributed by atoms with van der Waals surface area (Å²) < 4.78 is 27.7. The molecule has 1 saturated carbocycles. The third-order valence-corrected chi connectivity index (χ3v) is 8.90. The van der Waals surface area contributed by atoms with Crippen molar-refractivity contribution in [2.24, 2.45) is 0 Å². The second-order valence-corrected chi connectivity index (χ2v) is 12.0. The Labute approximate surface area is 204 Å². The van der Waals surface area contributed by atoms with Gasteiger partial charge in [-0.05, 0) is 37.3 Å². The van der Waals surface area contributed by atoms with Crippen molar-refractivity contribution >= 4 is 50.2 Å². The highest BCUT2D eigenvalue weighted by Gasteiger charge is 2.36. The monoisotopic (exact) mass is 508 g/mol. The molecular weight excluding hydrogens is 480 g/mol. The van der Waals surface area contributed by atoms with Crippen LogP contribution in [-0.4, -0.2) is 53.8 Å². The first-order valence-electron chi connectivity index (χ1n) is 11.4. The van der Waals surface area contributed by atoms with Crippen LogP contribution in [0.25, 0.3) is 6.08 Å². The van der Waals surface area contributed by atoms with Crippen molar-refractivity contribution in [3.8, 4) is 0 Å². The van der Waals surface area contributed by atoms with Crippen molar-refractivity contribution in [2.45, 2.75) is 57.0 Å². The van der Waals surface area contributed by atoms with E-state index in [-0.39, 0.29) is 18.1 Å². The molecule has 1 aromatic heterocycles. The molecule has 2 aliphatic rings. The summed E-state index contributed by atoms with van der Waals surface area (Å²) in [4.78, 5) is 19.4. The van der Waals surface area contributed by atoms with E-state index in [1.54, 1.807) is 6.08 Å². The minimum Gasteiger partial charge on any atom is -0.318 e. The molecule has 2 heterocycles. The van der Waals surface area contributed by atoms with Gasteiger partial charge in [-0.15, -0.1) is 0 Å². The second kappa shape index (κ2) is 11.0. The van der Waals surface area contributed by atoms with Crippen molar-refractivity contribution in [1.29, 1.82) is 0 Å². The van der Waals surface area contributed by atoms with Crippen LogP contribution in [0.1, 0.15) is 50.5 Å². The van der Waals surface area contributed by atoms with Gasteiger partial charge in [0, 0.05) is 30.6 Å². The topological polar surface area (TPSA) is 82.6 Å². The number of rotatable bonds is 6. The summed E-state index contributed by atoms with van der Waals surface area (Å²) in [5.74, 6) is 0. The molecule has 1 aliphatic heterocycles. The van der Waals surface area contributed by atoms with E-state index in [0.717, 1.165) is 31.2 Å². The van der Waals surface area contributed by atoms with Gasteiger partial charge in [-0.2, -0.15) is 4.31 Å². The Balaban J connectivity index is 1.42. The Morgan fingerprint density at radius 3 is 2.39 bits per heavy atom. The van der Waals surface area contributed by atoms with E-state index in [4.69, 9.17) is 11.6 Å². The minimum atomic E-state index is -3.51. The Morgan fingerprint density at radius 2 is 1.76 bits per heavy atom. The molecule has 0 radical (unpaired) electrons. The summed E-state index contributed by atoms with van der Waals surface area (Å²) in [5.41, 5.74) is 0.846. The van der Waals surface area contributed by atoms with Crippen LogP contribution < -0.4 is 5.32 Å². The highest BCUT2D eigenvalue weighted by molar-refractivity contribution is 7.92. The van der Waals surface area contributed by atoms with Crippen LogP contribution in [0.4, 0.5) is 9.93 Å². The maximum Gasteiger partial charge on any atom is 0.324 e. The molecule has 178 valence electrons. The van der Waals surface area contributed by atoms with E-state index in [9.17, 15) is 13.2 Å². The van der Waals surface area contributed by atoms with Crippen LogP contribution >= 0.6 is 22.9 Å². The lowest BCUT2D eigenvalue weighted by Crippen LogP contribution is -2.54. The number of carbonyl (C=O) groups is 1. The number of carbonyl (C=O) groups excluding carboxylic acids is 1. The first-order valence-corrected chi connectivity index (χ1v) is 14.1. The number of amides is 2. The van der Waals surface area contributed by atoms with E-state index in [1.807, 2.05) is 35.2 Å². The summed E-state index contributed by atoms with van der Waals surface area (Å²) in [6, 6.07) is 9.38. The van der Waals surface area contributed by atoms with Crippen LogP contribution in [0, 0.1) is 0 Å². The largest absolute Gasteiger partial charge is 0.324 e. The van der Waals surface area contributed by atoms with Gasteiger partial charge in [-0.3, -0.25) is 5.32 Å². The molecule has 0 bridgehead atoms. The smallest absolute Gasteiger partial charge is 0.318 e. The fourth-order valence-corrected chi connectivity index (χ4v) is 6.67. The number of hydrogen-bond donors (Lipinski definition) is 1. The number of benzene rings is 1. The fraction of sp³-hybridized carbons (Fsp3) is 0.478. The van der Waals surface area contributed by atoms with E-state index in [1.165, 1.54) is 33.7 Å². The molecule has 2 aromatic rings. The van der Waals surface area contributed by atoms with Crippen LogP contribution in [-0.2, 0) is 10.0 Å². The first-order chi connectivity index (χ1) is 15.9. The van der Waals surface area contributed by atoms with E-state index < -0.39 is 10.0 Å². The fourth-order valence-electron chi connectivity index (χ4n) is 4.65. The lowest BCUT2D eigenvalue weighted by molar-refractivity contribution is 0.106. The van der Waals surface area contributed by atoms with Gasteiger partial charge >= 0.3 is 6.03 Å². The number of thiazole rings is 1. The Bertz CT molecular complexity index is 1060. The SMILES string of the molecule is O=C(Nc1ncc(Cl)s1)N(C1CCCCC1)C1CCN(S(=O)(=O)C=Cc2ccccc2)CC1. The number of nitrogens with zero attached hydrogens (tertiary/aromatic N) is 3. The number of halogens is 1. The number of nitrogens with one attached hydrogen (secondary N) is 1. The summed E-state index contributed by atoms with van der Waals surface area (Å²) in [5, 5.41) is 4.67. The summed E-state index contributed by atoms with van der Waals surface area (Å²) in [7, 11) is -3.51. The van der Waals surface area contributed by atoms with E-state index >= 15 is 0 Å². The maximum absolute atomic E-state index is 13.3. The average Bonchev–Trinajstić information content (AvgIpc) is 3.24. The Kier molecular flexibility index (Phi) is 8.06. The van der Waals surface area contributed by atoms with Gasteiger partial charge in [-0.25, -0.2) is 18.2 Å². The molecule has 0 spiro atoms. The molecule has 2 amide bonds. The molecule has 7 nitrogen and oxygen atoms in total. The van der Waals surface area contributed by atoms with Gasteiger partial charge in [0.2, 0.25) is 10.0 Å². The highest BCUT2D eigenvalue weighted by Crippen LogP contribution is 2.30. The molecule has 0 atom stereocenters. The minimum absolute atomic E-state index is 0.00640. The summed E-state index contributed by atoms with van der Waals surface area (Å²) in [6.07, 6.45) is 9.74. The summed E-state index contributed by atoms with van der Waals surface area (Å²) >= 11 is 7.20. The maximum atomic E-state index is 13.3. The third kappa shape index (κ3) is 6.35. The van der Waals surface area contributed by atoms with Crippen molar-refractivity contribution in [2.75, 3.05) is 18.4 Å². The van der Waals surface area contributed by atoms with E-state index in [2.05, 4.69) is 10.3 Å². The number of sulfonamides is 1. The molecular formula is C23H29ClN4O3S2. The number of piperidine rings is 1. The van der Waals surface area contributed by atoms with Crippen molar-refractivity contribution in [3.63, 3.8) is 0 Å². The van der Waals surface area contributed by atoms with Gasteiger partial charge in [0.25, 0.3) is 0 Å². The van der Waals surface area contributed by atoms with Gasteiger partial charge in [0.05, 0.1) is 6.20 Å². The molecule has 1 aliphatic carbocycles. The van der Waals surface area contributed by atoms with Crippen molar-refractivity contribution < 1.29 is 13.2 Å². The van der Waals surface area contributed by atoms with Gasteiger partial charge < -0.3 is 4.90 Å². The zero-order valence-electron chi connectivity index (χ0n) is 18.4. The predicted molar refractivity (Wildman–Crippen MR) is 134 cm³/mol. The lowest BCUT2D eigenvalue weighted by atomic mass is 9.91. The van der Waals surface area contributed by atoms with Crippen LogP contribution in [0.5, 0.6) is 0 Å². The summed E-state index contributed by atoms with van der Waals surface area (Å²) in [6.45, 7) is 0.789. The standard InChI is InChI=1S/C23H29ClN4O3S2/c24-21-17-25-22(32-21)26-23(29)28(19-9-5-2-6-10-19)20-11-14-27(15-12-20)33(30,31)16-13-18-7-3-1-4-8-18/h1,3-4,7-8,13,16-17,19-20H,2,5-6,9-12,14-15H2,(H,25,26,29). The molecule has 1 N–H and O–H groups in total. The number of aromatic nitrogens is 1. The van der Waals surface area contributed by atoms with Gasteiger partial charge in [0.1, 0.15) is 4.34 Å². The van der Waals surface area contributed by atoms with Crippen molar-refractivity contribution in [3.05, 3.63) is 51.8 Å². The highest BCUT2D eigenvalue weighted by atomic mass is 35.5. The van der Waals surface area contributed by atoms with Crippen LogP contribution in [0.3, 0.4) is 0 Å². The number of urea groups is 1. The number of hydrogen-bond acceptors (Lipinski definition) is 5. The Hall–Kier alpha value is -1.94. The normalized spacial score (nSPS) is 19.1. The Morgan fingerprint density at radius 1 is 1.09 bits per heavy atom. The molecule has 0 unspecified atom stereocenters. The zero-order chi connectivity index (χ0) is 23.3. The van der Waals surface area contributed by atoms with Crippen molar-refractivity contribution in [1.82, 2.24) is 14.2 Å². The quantitative estimate of drug-likeness (QED) is 0.564. The van der Waals surface area contributed by atoms with Gasteiger partial charge in [0.15, 0.2) is 5.13 Å². The molecule has 2 fully saturated rings. The third-order valence-electron chi connectivity index (χ3n) is 6.30. The molecule has 1 saturated heterocycles. The van der Waals surface area contributed by atoms with Gasteiger partial charge in [-0.1, -0.05) is 72.5 Å². The zero-order valence-corrected chi connectivity index (χ0v) is 20.8. The van der Waals surface area contributed by atoms with Crippen LogP contribution in [0.2, 0.25) is 4.34 Å². The van der Waals surface area contributed by atoms with E-state index in [0.29, 0.717) is 35.4 Å². The molecule has 10 heteroatoms. The van der Waals surface area contributed by atoms with Crippen LogP contribution in [0.15, 0.2) is 41.9 Å². The molecule has 1 aromatic carbocycles. The first kappa shape index (κ1) is 24.2. The molecule has 4 rings (SSSR count).